The summed E-state index contributed by atoms with van der Waals surface area (Å²) >= 11 is 0. The fourth-order valence-electron chi connectivity index (χ4n) is 2.61. The molecule has 1 saturated carbocycles. The van der Waals surface area contributed by atoms with Gasteiger partial charge in [-0.3, -0.25) is 0 Å². The van der Waals surface area contributed by atoms with Crippen molar-refractivity contribution in [2.75, 3.05) is 0 Å². The maximum Gasteiger partial charge on any atom is 0.328 e. The maximum absolute atomic E-state index is 10.9. The molecule has 1 N–H and O–H groups in total. The third-order valence-corrected chi connectivity index (χ3v) is 3.43. The predicted octanol–water partition coefficient (Wildman–Crippen LogP) is 3.73. The number of hydrogen-bond donors (Lipinski definition) is 1. The Bertz CT molecular complexity index is 400. The van der Waals surface area contributed by atoms with Crippen LogP contribution in [-0.2, 0) is 4.79 Å². The Morgan fingerprint density at radius 2 is 1.76 bits per heavy atom. The summed E-state index contributed by atoms with van der Waals surface area (Å²) in [6.45, 7) is 0. The number of allylic oxidation sites excluding steroid dienone is 1. The average molecular weight is 230 g/mol. The van der Waals surface area contributed by atoms with E-state index in [1.165, 1.54) is 25.3 Å². The molecule has 0 spiro atoms. The van der Waals surface area contributed by atoms with E-state index in [1.54, 1.807) is 0 Å². The number of carboxylic acids is 1. The lowest BCUT2D eigenvalue weighted by Gasteiger charge is -2.24. The van der Waals surface area contributed by atoms with E-state index >= 15 is 0 Å². The monoisotopic (exact) mass is 230 g/mol. The van der Waals surface area contributed by atoms with Crippen molar-refractivity contribution in [2.24, 2.45) is 5.92 Å². The molecular weight excluding hydrogens is 212 g/mol. The molecule has 2 heteroatoms. The van der Waals surface area contributed by atoms with E-state index in [0.717, 1.165) is 24.0 Å². The Balaban J connectivity index is 2.28. The molecule has 90 valence electrons. The van der Waals surface area contributed by atoms with Crippen molar-refractivity contribution in [2.45, 2.75) is 32.1 Å². The molecule has 2 rings (SSSR count). The number of carboxylic acid groups (broad SMARTS) is 1. The molecule has 0 aromatic heterocycles. The molecule has 0 amide bonds. The smallest absolute Gasteiger partial charge is 0.328 e. The summed E-state index contributed by atoms with van der Waals surface area (Å²) in [5.41, 5.74) is 2.06. The second-order valence-electron chi connectivity index (χ2n) is 4.64. The fraction of sp³-hybridized carbons (Fsp3) is 0.400. The normalized spacial score (nSPS) is 18.0. The minimum Gasteiger partial charge on any atom is -0.478 e. The summed E-state index contributed by atoms with van der Waals surface area (Å²) in [5, 5.41) is 9.00. The van der Waals surface area contributed by atoms with E-state index in [1.807, 2.05) is 30.3 Å². The van der Waals surface area contributed by atoms with Crippen LogP contribution < -0.4 is 0 Å². The van der Waals surface area contributed by atoms with Crippen LogP contribution in [0.1, 0.15) is 37.7 Å². The Kier molecular flexibility index (Phi) is 3.97. The number of rotatable bonds is 3. The number of benzene rings is 1. The first-order chi connectivity index (χ1) is 8.27. The summed E-state index contributed by atoms with van der Waals surface area (Å²) in [6, 6.07) is 9.90. The SMILES string of the molecule is O=C(O)/C=C(/c1ccccc1)C1CCCCC1. The van der Waals surface area contributed by atoms with Crippen molar-refractivity contribution in [1.29, 1.82) is 0 Å². The van der Waals surface area contributed by atoms with Gasteiger partial charge in [-0.1, -0.05) is 49.6 Å². The van der Waals surface area contributed by atoms with Gasteiger partial charge in [-0.15, -0.1) is 0 Å². The lowest BCUT2D eigenvalue weighted by Crippen LogP contribution is -2.10. The van der Waals surface area contributed by atoms with E-state index in [0.29, 0.717) is 5.92 Å². The van der Waals surface area contributed by atoms with Gasteiger partial charge in [-0.05, 0) is 29.9 Å². The van der Waals surface area contributed by atoms with Crippen LogP contribution in [0.3, 0.4) is 0 Å². The first kappa shape index (κ1) is 11.9. The zero-order valence-corrected chi connectivity index (χ0v) is 9.93. The van der Waals surface area contributed by atoms with Gasteiger partial charge in [0.1, 0.15) is 0 Å². The summed E-state index contributed by atoms with van der Waals surface area (Å²) < 4.78 is 0. The van der Waals surface area contributed by atoms with Gasteiger partial charge < -0.3 is 5.11 Å². The predicted molar refractivity (Wildman–Crippen MR) is 68.6 cm³/mol. The molecule has 0 unspecified atom stereocenters. The van der Waals surface area contributed by atoms with Crippen LogP contribution >= 0.6 is 0 Å². The van der Waals surface area contributed by atoms with Gasteiger partial charge in [0.25, 0.3) is 0 Å². The van der Waals surface area contributed by atoms with E-state index in [-0.39, 0.29) is 0 Å². The Labute approximate surface area is 102 Å². The topological polar surface area (TPSA) is 37.3 Å². The van der Waals surface area contributed by atoms with Crippen LogP contribution in [-0.4, -0.2) is 11.1 Å². The Morgan fingerprint density at radius 3 is 2.35 bits per heavy atom. The average Bonchev–Trinajstić information content (AvgIpc) is 2.38. The fourth-order valence-corrected chi connectivity index (χ4v) is 2.61. The molecule has 1 fully saturated rings. The lowest BCUT2D eigenvalue weighted by molar-refractivity contribution is -0.131. The highest BCUT2D eigenvalue weighted by Gasteiger charge is 2.19. The van der Waals surface area contributed by atoms with Gasteiger partial charge in [0, 0.05) is 6.08 Å². The second kappa shape index (κ2) is 5.67. The molecule has 0 atom stereocenters. The third kappa shape index (κ3) is 3.19. The van der Waals surface area contributed by atoms with Gasteiger partial charge in [0.05, 0.1) is 0 Å². The van der Waals surface area contributed by atoms with Crippen LogP contribution in [0, 0.1) is 5.92 Å². The van der Waals surface area contributed by atoms with Crippen LogP contribution in [0.5, 0.6) is 0 Å². The van der Waals surface area contributed by atoms with Crippen molar-refractivity contribution >= 4 is 11.5 Å². The largest absolute Gasteiger partial charge is 0.478 e. The first-order valence-corrected chi connectivity index (χ1v) is 6.27. The molecule has 1 aliphatic carbocycles. The molecule has 1 aromatic carbocycles. The van der Waals surface area contributed by atoms with Gasteiger partial charge in [-0.25, -0.2) is 4.79 Å². The zero-order chi connectivity index (χ0) is 12.1. The second-order valence-corrected chi connectivity index (χ2v) is 4.64. The van der Waals surface area contributed by atoms with E-state index in [9.17, 15) is 4.79 Å². The highest BCUT2D eigenvalue weighted by molar-refractivity contribution is 5.90. The van der Waals surface area contributed by atoms with Crippen molar-refractivity contribution in [3.63, 3.8) is 0 Å². The number of hydrogen-bond acceptors (Lipinski definition) is 1. The molecule has 0 radical (unpaired) electrons. The molecule has 0 heterocycles. The maximum atomic E-state index is 10.9. The molecule has 17 heavy (non-hydrogen) atoms. The van der Waals surface area contributed by atoms with Crippen molar-refractivity contribution in [3.8, 4) is 0 Å². The quantitative estimate of drug-likeness (QED) is 0.803. The van der Waals surface area contributed by atoms with E-state index in [2.05, 4.69) is 0 Å². The van der Waals surface area contributed by atoms with Crippen molar-refractivity contribution in [1.82, 2.24) is 0 Å². The van der Waals surface area contributed by atoms with E-state index in [4.69, 9.17) is 5.11 Å². The van der Waals surface area contributed by atoms with Crippen molar-refractivity contribution in [3.05, 3.63) is 42.0 Å². The van der Waals surface area contributed by atoms with Gasteiger partial charge in [0.2, 0.25) is 0 Å². The van der Waals surface area contributed by atoms with Crippen LogP contribution in [0.15, 0.2) is 36.4 Å². The molecule has 1 aromatic rings. The molecule has 0 aliphatic heterocycles. The third-order valence-electron chi connectivity index (χ3n) is 3.43. The van der Waals surface area contributed by atoms with Crippen LogP contribution in [0.25, 0.3) is 5.57 Å². The van der Waals surface area contributed by atoms with Gasteiger partial charge in [-0.2, -0.15) is 0 Å². The molecule has 0 saturated heterocycles. The van der Waals surface area contributed by atoms with Gasteiger partial charge in [0.15, 0.2) is 0 Å². The minimum absolute atomic E-state index is 0.419. The zero-order valence-electron chi connectivity index (χ0n) is 9.93. The molecular formula is C15H18O2. The molecule has 1 aliphatic rings. The summed E-state index contributed by atoms with van der Waals surface area (Å²) in [4.78, 5) is 10.9. The van der Waals surface area contributed by atoms with E-state index < -0.39 is 5.97 Å². The highest BCUT2D eigenvalue weighted by atomic mass is 16.4. The number of aliphatic carboxylic acids is 1. The van der Waals surface area contributed by atoms with Gasteiger partial charge >= 0.3 is 5.97 Å². The lowest BCUT2D eigenvalue weighted by atomic mass is 9.81. The van der Waals surface area contributed by atoms with Crippen LogP contribution in [0.2, 0.25) is 0 Å². The Hall–Kier alpha value is -1.57. The first-order valence-electron chi connectivity index (χ1n) is 6.27. The summed E-state index contributed by atoms with van der Waals surface area (Å²) in [6.07, 6.45) is 7.35. The molecule has 0 bridgehead atoms. The van der Waals surface area contributed by atoms with Crippen molar-refractivity contribution < 1.29 is 9.90 Å². The molecule has 2 nitrogen and oxygen atoms in total. The summed E-state index contributed by atoms with van der Waals surface area (Å²) in [5.74, 6) is -0.420. The number of carbonyl (C=O) groups is 1. The highest BCUT2D eigenvalue weighted by Crippen LogP contribution is 2.35. The Morgan fingerprint density at radius 1 is 1.12 bits per heavy atom. The summed E-state index contributed by atoms with van der Waals surface area (Å²) in [7, 11) is 0. The minimum atomic E-state index is -0.838. The standard InChI is InChI=1S/C15H18O2/c16-15(17)11-14(12-7-3-1-4-8-12)13-9-5-2-6-10-13/h1,3-4,7-8,11,13H,2,5-6,9-10H2,(H,16,17)/b14-11-. The van der Waals surface area contributed by atoms with Crippen LogP contribution in [0.4, 0.5) is 0 Å².